The molecule has 6 nitrogen and oxygen atoms in total. The molecule has 0 bridgehead atoms. The van der Waals surface area contributed by atoms with Gasteiger partial charge in [0.1, 0.15) is 6.04 Å². The number of rotatable bonds is 6. The van der Waals surface area contributed by atoms with E-state index in [1.54, 1.807) is 6.07 Å². The molecule has 3 rings (SSSR count). The van der Waals surface area contributed by atoms with Crippen LogP contribution in [0.3, 0.4) is 0 Å². The summed E-state index contributed by atoms with van der Waals surface area (Å²) in [7, 11) is 0. The zero-order chi connectivity index (χ0) is 21.7. The Bertz CT molecular complexity index is 934. The van der Waals surface area contributed by atoms with Gasteiger partial charge in [-0.05, 0) is 58.0 Å². The van der Waals surface area contributed by atoms with E-state index in [0.29, 0.717) is 6.54 Å². The summed E-state index contributed by atoms with van der Waals surface area (Å²) in [6.07, 6.45) is 0.717. The molecule has 1 fully saturated rings. The third-order valence-electron chi connectivity index (χ3n) is 5.48. The fourth-order valence-corrected chi connectivity index (χ4v) is 3.86. The molecule has 1 N–H and O–H groups in total. The summed E-state index contributed by atoms with van der Waals surface area (Å²) in [5.74, 6) is -0.488. The summed E-state index contributed by atoms with van der Waals surface area (Å²) in [6.45, 7) is 4.82. The number of carbonyl (C=O) groups is 1. The SMILES string of the molecule is C[C@H](C(=O)NCCCN1CCCCCC1)n1c(=O)c(C(F)(F)F)nc2ccccc21. The van der Waals surface area contributed by atoms with E-state index < -0.39 is 29.4 Å². The second-order valence-electron chi connectivity index (χ2n) is 7.70. The molecule has 164 valence electrons. The molecule has 30 heavy (non-hydrogen) atoms. The Hall–Kier alpha value is -2.42. The van der Waals surface area contributed by atoms with Crippen LogP contribution < -0.4 is 10.9 Å². The highest BCUT2D eigenvalue weighted by molar-refractivity contribution is 5.83. The molecule has 0 unspecified atom stereocenters. The zero-order valence-corrected chi connectivity index (χ0v) is 17.0. The monoisotopic (exact) mass is 424 g/mol. The molecule has 1 aromatic heterocycles. The fourth-order valence-electron chi connectivity index (χ4n) is 3.86. The predicted octanol–water partition coefficient (Wildman–Crippen LogP) is 3.36. The number of amides is 1. The van der Waals surface area contributed by atoms with Gasteiger partial charge in [-0.1, -0.05) is 25.0 Å². The van der Waals surface area contributed by atoms with Gasteiger partial charge in [0.05, 0.1) is 11.0 Å². The lowest BCUT2D eigenvalue weighted by atomic mass is 10.2. The van der Waals surface area contributed by atoms with Crippen molar-refractivity contribution < 1.29 is 18.0 Å². The number of nitrogens with one attached hydrogen (secondary N) is 1. The molecule has 1 aromatic carbocycles. The van der Waals surface area contributed by atoms with Crippen LogP contribution in [0.5, 0.6) is 0 Å². The first-order chi connectivity index (χ1) is 14.3. The Morgan fingerprint density at radius 1 is 1.17 bits per heavy atom. The lowest BCUT2D eigenvalue weighted by molar-refractivity contribution is -0.142. The number of likely N-dealkylation sites (tertiary alicyclic amines) is 1. The molecule has 1 aliphatic rings. The molecular weight excluding hydrogens is 397 g/mol. The van der Waals surface area contributed by atoms with Crippen molar-refractivity contribution in [2.45, 2.75) is 51.2 Å². The fraction of sp³-hybridized carbons (Fsp3) is 0.571. The number of aromatic nitrogens is 2. The Balaban J connectivity index is 1.72. The van der Waals surface area contributed by atoms with Gasteiger partial charge in [-0.25, -0.2) is 4.98 Å². The van der Waals surface area contributed by atoms with Crippen LogP contribution in [0.2, 0.25) is 0 Å². The van der Waals surface area contributed by atoms with Gasteiger partial charge in [0, 0.05) is 6.54 Å². The van der Waals surface area contributed by atoms with E-state index in [2.05, 4.69) is 15.2 Å². The minimum atomic E-state index is -4.90. The average Bonchev–Trinajstić information content (AvgIpc) is 2.98. The molecule has 1 amide bonds. The third kappa shape index (κ3) is 5.19. The number of hydrogen-bond donors (Lipinski definition) is 1. The predicted molar refractivity (Wildman–Crippen MR) is 108 cm³/mol. The van der Waals surface area contributed by atoms with Gasteiger partial charge in [-0.15, -0.1) is 0 Å². The van der Waals surface area contributed by atoms with Crippen molar-refractivity contribution in [2.75, 3.05) is 26.2 Å². The lowest BCUT2D eigenvalue weighted by Crippen LogP contribution is -2.39. The number of nitrogens with zero attached hydrogens (tertiary/aromatic N) is 3. The molecule has 2 aromatic rings. The molecule has 0 spiro atoms. The quantitative estimate of drug-likeness (QED) is 0.723. The van der Waals surface area contributed by atoms with Crippen LogP contribution in [0.1, 0.15) is 50.8 Å². The lowest BCUT2D eigenvalue weighted by Gasteiger charge is -2.21. The average molecular weight is 424 g/mol. The number of para-hydroxylation sites is 2. The second-order valence-corrected chi connectivity index (χ2v) is 7.70. The van der Waals surface area contributed by atoms with Crippen molar-refractivity contribution in [1.29, 1.82) is 0 Å². The maximum atomic E-state index is 13.3. The number of carbonyl (C=O) groups excluding carboxylic acids is 1. The Kier molecular flexibility index (Phi) is 7.12. The van der Waals surface area contributed by atoms with Crippen molar-refractivity contribution in [2.24, 2.45) is 0 Å². The van der Waals surface area contributed by atoms with Crippen molar-refractivity contribution in [3.8, 4) is 0 Å². The normalized spacial score (nSPS) is 16.9. The summed E-state index contributed by atoms with van der Waals surface area (Å²) in [5.41, 5.74) is -2.61. The van der Waals surface area contributed by atoms with Gasteiger partial charge in [0.15, 0.2) is 0 Å². The van der Waals surface area contributed by atoms with Crippen LogP contribution in [-0.4, -0.2) is 46.5 Å². The topological polar surface area (TPSA) is 67.2 Å². The zero-order valence-electron chi connectivity index (χ0n) is 17.0. The van der Waals surface area contributed by atoms with E-state index in [1.165, 1.54) is 50.8 Å². The Morgan fingerprint density at radius 3 is 2.50 bits per heavy atom. The molecule has 1 saturated heterocycles. The summed E-state index contributed by atoms with van der Waals surface area (Å²) in [4.78, 5) is 31.0. The number of benzene rings is 1. The largest absolute Gasteiger partial charge is 0.438 e. The van der Waals surface area contributed by atoms with Crippen molar-refractivity contribution in [3.63, 3.8) is 0 Å². The summed E-state index contributed by atoms with van der Waals surface area (Å²) >= 11 is 0. The standard InChI is InChI=1S/C21H27F3N4O2/c1-15(19(29)25-11-8-14-27-12-6-2-3-7-13-27)28-17-10-5-4-9-16(17)26-18(20(28)30)21(22,23)24/h4-5,9-10,15H,2-3,6-8,11-14H2,1H3,(H,25,29)/t15-/m1/s1. The summed E-state index contributed by atoms with van der Waals surface area (Å²) in [5, 5.41) is 2.76. The molecule has 2 heterocycles. The minimum Gasteiger partial charge on any atom is -0.354 e. The first-order valence-electron chi connectivity index (χ1n) is 10.4. The molecular formula is C21H27F3N4O2. The summed E-state index contributed by atoms with van der Waals surface area (Å²) < 4.78 is 40.8. The van der Waals surface area contributed by atoms with Gasteiger partial charge in [-0.2, -0.15) is 13.2 Å². The molecule has 1 aliphatic heterocycles. The van der Waals surface area contributed by atoms with Crippen LogP contribution >= 0.6 is 0 Å². The van der Waals surface area contributed by atoms with E-state index in [1.807, 2.05) is 0 Å². The number of halogens is 3. The van der Waals surface area contributed by atoms with E-state index in [4.69, 9.17) is 0 Å². The van der Waals surface area contributed by atoms with E-state index in [-0.39, 0.29) is 11.0 Å². The minimum absolute atomic E-state index is 0.0187. The van der Waals surface area contributed by atoms with Gasteiger partial charge in [0.25, 0.3) is 5.56 Å². The highest BCUT2D eigenvalue weighted by Crippen LogP contribution is 2.27. The van der Waals surface area contributed by atoms with E-state index in [9.17, 15) is 22.8 Å². The molecule has 0 saturated carbocycles. The van der Waals surface area contributed by atoms with Crippen LogP contribution in [0.15, 0.2) is 29.1 Å². The van der Waals surface area contributed by atoms with Crippen LogP contribution in [0.4, 0.5) is 13.2 Å². The van der Waals surface area contributed by atoms with Crippen LogP contribution in [-0.2, 0) is 11.0 Å². The second kappa shape index (κ2) is 9.59. The van der Waals surface area contributed by atoms with Crippen molar-refractivity contribution in [1.82, 2.24) is 19.8 Å². The van der Waals surface area contributed by atoms with Crippen LogP contribution in [0.25, 0.3) is 11.0 Å². The van der Waals surface area contributed by atoms with Gasteiger partial charge in [0.2, 0.25) is 11.6 Å². The van der Waals surface area contributed by atoms with Gasteiger partial charge >= 0.3 is 6.18 Å². The van der Waals surface area contributed by atoms with Gasteiger partial charge < -0.3 is 10.2 Å². The highest BCUT2D eigenvalue weighted by atomic mass is 19.4. The first-order valence-corrected chi connectivity index (χ1v) is 10.4. The Morgan fingerprint density at radius 2 is 1.83 bits per heavy atom. The Labute approximate surface area is 173 Å². The number of alkyl halides is 3. The molecule has 9 heteroatoms. The van der Waals surface area contributed by atoms with E-state index >= 15 is 0 Å². The maximum absolute atomic E-state index is 13.3. The highest BCUT2D eigenvalue weighted by Gasteiger charge is 2.38. The smallest absolute Gasteiger partial charge is 0.354 e. The first kappa shape index (κ1) is 22.3. The third-order valence-corrected chi connectivity index (χ3v) is 5.48. The van der Waals surface area contributed by atoms with Crippen molar-refractivity contribution >= 4 is 16.9 Å². The summed E-state index contributed by atoms with van der Waals surface area (Å²) in [6, 6.07) is 4.93. The molecule has 0 radical (unpaired) electrons. The number of fused-ring (bicyclic) bond motifs is 1. The van der Waals surface area contributed by atoms with Crippen molar-refractivity contribution in [3.05, 3.63) is 40.3 Å². The van der Waals surface area contributed by atoms with E-state index in [0.717, 1.165) is 30.6 Å². The molecule has 1 atom stereocenters. The van der Waals surface area contributed by atoms with Gasteiger partial charge in [-0.3, -0.25) is 14.2 Å². The van der Waals surface area contributed by atoms with Crippen LogP contribution in [0, 0.1) is 0 Å². The number of hydrogen-bond acceptors (Lipinski definition) is 4. The molecule has 0 aliphatic carbocycles. The maximum Gasteiger partial charge on any atom is 0.438 e.